The monoisotopic (exact) mass is 378 g/mol. The zero-order valence-electron chi connectivity index (χ0n) is 14.7. The Kier molecular flexibility index (Phi) is 3.82. The molecule has 4 heterocycles. The summed E-state index contributed by atoms with van der Waals surface area (Å²) in [6, 6.07) is 9.31. The maximum absolute atomic E-state index is 5.87. The van der Waals surface area contributed by atoms with Crippen LogP contribution in [0.3, 0.4) is 0 Å². The van der Waals surface area contributed by atoms with Gasteiger partial charge in [-0.1, -0.05) is 23.4 Å². The fourth-order valence-electron chi connectivity index (χ4n) is 2.83. The lowest BCUT2D eigenvalue weighted by Crippen LogP contribution is -2.04. The summed E-state index contributed by atoms with van der Waals surface area (Å²) in [5, 5.41) is 25.4. The molecule has 0 saturated carbocycles. The number of aromatic amines is 1. The molecule has 11 heteroatoms. The van der Waals surface area contributed by atoms with Crippen molar-refractivity contribution in [1.82, 2.24) is 40.1 Å². The van der Waals surface area contributed by atoms with Crippen molar-refractivity contribution in [1.29, 1.82) is 0 Å². The van der Waals surface area contributed by atoms with Gasteiger partial charge in [0.2, 0.25) is 11.7 Å². The summed E-state index contributed by atoms with van der Waals surface area (Å²) < 4.78 is 17.9. The maximum atomic E-state index is 5.87. The second-order valence-electron chi connectivity index (χ2n) is 5.78. The molecule has 5 rings (SSSR count). The minimum atomic E-state index is 0.169. The minimum absolute atomic E-state index is 0.169. The molecule has 0 aliphatic heterocycles. The second-order valence-corrected chi connectivity index (χ2v) is 5.78. The lowest BCUT2D eigenvalue weighted by molar-refractivity contribution is 0.226. The summed E-state index contributed by atoms with van der Waals surface area (Å²) in [4.78, 5) is 4.06. The van der Waals surface area contributed by atoms with E-state index in [0.717, 1.165) is 10.8 Å². The number of hydrogen-bond donors (Lipinski definition) is 1. The summed E-state index contributed by atoms with van der Waals surface area (Å²) in [7, 11) is 0. The van der Waals surface area contributed by atoms with Gasteiger partial charge >= 0.3 is 5.95 Å². The predicted molar refractivity (Wildman–Crippen MR) is 95.7 cm³/mol. The molecular weight excluding hydrogens is 364 g/mol. The number of aromatic nitrogens is 8. The first-order chi connectivity index (χ1) is 13.8. The molecule has 0 amide bonds. The molecule has 4 aromatic heterocycles. The van der Waals surface area contributed by atoms with Gasteiger partial charge in [0.15, 0.2) is 23.8 Å². The van der Waals surface area contributed by atoms with Crippen LogP contribution in [0.25, 0.3) is 27.9 Å². The van der Waals surface area contributed by atoms with Gasteiger partial charge in [0, 0.05) is 10.8 Å². The van der Waals surface area contributed by atoms with Gasteiger partial charge in [0.05, 0.1) is 12.7 Å². The Bertz CT molecular complexity index is 1240. The molecule has 0 aliphatic rings. The van der Waals surface area contributed by atoms with Crippen LogP contribution >= 0.6 is 0 Å². The Morgan fingerprint density at radius 3 is 2.86 bits per heavy atom. The SMILES string of the molecule is CCOc1cc(-c2nnc3c4ccccc4c(OCc4nc[nH]n4)nn23)no1. The molecule has 0 saturated heterocycles. The van der Waals surface area contributed by atoms with Gasteiger partial charge in [0.1, 0.15) is 6.33 Å². The van der Waals surface area contributed by atoms with Crippen molar-refractivity contribution in [3.8, 4) is 23.3 Å². The zero-order chi connectivity index (χ0) is 18.9. The normalized spacial score (nSPS) is 11.3. The van der Waals surface area contributed by atoms with Crippen molar-refractivity contribution in [2.45, 2.75) is 13.5 Å². The van der Waals surface area contributed by atoms with E-state index in [1.165, 1.54) is 6.33 Å². The third kappa shape index (κ3) is 2.69. The molecular formula is C17H14N8O3. The third-order valence-electron chi connectivity index (χ3n) is 4.04. The van der Waals surface area contributed by atoms with Gasteiger partial charge in [-0.15, -0.1) is 15.3 Å². The van der Waals surface area contributed by atoms with Crippen LogP contribution in [0, 0.1) is 0 Å². The lowest BCUT2D eigenvalue weighted by Gasteiger charge is -2.08. The molecule has 0 fully saturated rings. The Morgan fingerprint density at radius 1 is 1.14 bits per heavy atom. The Balaban J connectivity index is 1.63. The Labute approximate surface area is 157 Å². The fourth-order valence-corrected chi connectivity index (χ4v) is 2.83. The molecule has 140 valence electrons. The van der Waals surface area contributed by atoms with Gasteiger partial charge in [-0.05, 0) is 13.0 Å². The largest absolute Gasteiger partial charge is 0.468 e. The van der Waals surface area contributed by atoms with Gasteiger partial charge in [-0.3, -0.25) is 5.10 Å². The Hall–Kier alpha value is -4.02. The number of rotatable bonds is 6. The highest BCUT2D eigenvalue weighted by Crippen LogP contribution is 2.29. The number of fused-ring (bicyclic) bond motifs is 3. The molecule has 0 bridgehead atoms. The predicted octanol–water partition coefficient (Wildman–Crippen LogP) is 2.03. The molecule has 5 aromatic rings. The van der Waals surface area contributed by atoms with E-state index < -0.39 is 0 Å². The van der Waals surface area contributed by atoms with E-state index in [1.54, 1.807) is 10.6 Å². The van der Waals surface area contributed by atoms with Crippen LogP contribution in [0.2, 0.25) is 0 Å². The highest BCUT2D eigenvalue weighted by molar-refractivity contribution is 5.96. The maximum Gasteiger partial charge on any atom is 0.311 e. The van der Waals surface area contributed by atoms with Crippen molar-refractivity contribution >= 4 is 16.4 Å². The van der Waals surface area contributed by atoms with Crippen molar-refractivity contribution in [2.24, 2.45) is 0 Å². The molecule has 0 spiro atoms. The molecule has 28 heavy (non-hydrogen) atoms. The van der Waals surface area contributed by atoms with E-state index in [9.17, 15) is 0 Å². The van der Waals surface area contributed by atoms with E-state index in [4.69, 9.17) is 14.0 Å². The van der Waals surface area contributed by atoms with Crippen molar-refractivity contribution in [3.63, 3.8) is 0 Å². The highest BCUT2D eigenvalue weighted by Gasteiger charge is 2.19. The van der Waals surface area contributed by atoms with Crippen LogP contribution in [0.15, 0.2) is 41.2 Å². The molecule has 11 nitrogen and oxygen atoms in total. The van der Waals surface area contributed by atoms with Gasteiger partial charge in [-0.2, -0.15) is 9.61 Å². The molecule has 1 N–H and O–H groups in total. The zero-order valence-corrected chi connectivity index (χ0v) is 14.7. The number of hydrogen-bond acceptors (Lipinski definition) is 9. The topological polar surface area (TPSA) is 129 Å². The van der Waals surface area contributed by atoms with E-state index in [0.29, 0.717) is 41.4 Å². The number of nitrogens with one attached hydrogen (secondary N) is 1. The quantitative estimate of drug-likeness (QED) is 0.471. The lowest BCUT2D eigenvalue weighted by atomic mass is 10.2. The van der Waals surface area contributed by atoms with Crippen molar-refractivity contribution < 1.29 is 14.0 Å². The van der Waals surface area contributed by atoms with E-state index in [2.05, 4.69) is 35.6 Å². The first-order valence-electron chi connectivity index (χ1n) is 8.55. The van der Waals surface area contributed by atoms with Crippen LogP contribution < -0.4 is 9.47 Å². The van der Waals surface area contributed by atoms with E-state index in [1.807, 2.05) is 31.2 Å². The van der Waals surface area contributed by atoms with Crippen LogP contribution in [-0.4, -0.2) is 46.8 Å². The summed E-state index contributed by atoms with van der Waals surface area (Å²) >= 11 is 0. The smallest absolute Gasteiger partial charge is 0.311 e. The number of ether oxygens (including phenoxy) is 2. The average Bonchev–Trinajstić information content (AvgIpc) is 3.47. The van der Waals surface area contributed by atoms with Crippen LogP contribution in [0.1, 0.15) is 12.7 Å². The van der Waals surface area contributed by atoms with Gasteiger partial charge < -0.3 is 14.0 Å². The van der Waals surface area contributed by atoms with E-state index in [-0.39, 0.29) is 6.61 Å². The molecule has 0 atom stereocenters. The second kappa shape index (κ2) is 6.61. The van der Waals surface area contributed by atoms with Crippen molar-refractivity contribution in [3.05, 3.63) is 42.5 Å². The standard InChI is InChI=1S/C17H14N8O3/c1-2-26-14-7-12(24-28-14)16-22-21-15-10-5-3-4-6-11(10)17(23-25(15)16)27-8-13-18-9-19-20-13/h3-7,9H,2,8H2,1H3,(H,18,19,20). The van der Waals surface area contributed by atoms with Crippen molar-refractivity contribution in [2.75, 3.05) is 6.61 Å². The molecule has 1 aromatic carbocycles. The van der Waals surface area contributed by atoms with Gasteiger partial charge in [-0.25, -0.2) is 4.98 Å². The minimum Gasteiger partial charge on any atom is -0.468 e. The summed E-state index contributed by atoms with van der Waals surface area (Å²) in [6.45, 7) is 2.50. The summed E-state index contributed by atoms with van der Waals surface area (Å²) in [5.41, 5.74) is 1.04. The molecule has 0 unspecified atom stereocenters. The number of nitrogens with zero attached hydrogens (tertiary/aromatic N) is 7. The fraction of sp³-hybridized carbons (Fsp3) is 0.176. The molecule has 0 aliphatic carbocycles. The molecule has 0 radical (unpaired) electrons. The van der Waals surface area contributed by atoms with E-state index >= 15 is 0 Å². The van der Waals surface area contributed by atoms with Crippen LogP contribution in [0.5, 0.6) is 11.8 Å². The third-order valence-corrected chi connectivity index (χ3v) is 4.04. The number of H-pyrrole nitrogens is 1. The first-order valence-corrected chi connectivity index (χ1v) is 8.55. The summed E-state index contributed by atoms with van der Waals surface area (Å²) in [5.74, 6) is 1.64. The first kappa shape index (κ1) is 16.2. The van der Waals surface area contributed by atoms with Gasteiger partial charge in [0.25, 0.3) is 0 Å². The number of benzene rings is 1. The average molecular weight is 378 g/mol. The van der Waals surface area contributed by atoms with Crippen LogP contribution in [-0.2, 0) is 6.61 Å². The Morgan fingerprint density at radius 2 is 2.04 bits per heavy atom. The highest BCUT2D eigenvalue weighted by atomic mass is 16.6. The van der Waals surface area contributed by atoms with Crippen LogP contribution in [0.4, 0.5) is 0 Å². The summed E-state index contributed by atoms with van der Waals surface area (Å²) in [6.07, 6.45) is 1.49.